The van der Waals surface area contributed by atoms with E-state index in [0.29, 0.717) is 5.88 Å². The molecular weight excluding hydrogens is 316 g/mol. The van der Waals surface area contributed by atoms with E-state index in [1.807, 2.05) is 6.07 Å². The van der Waals surface area contributed by atoms with Crippen LogP contribution < -0.4 is 9.64 Å². The number of rotatable bonds is 4. The van der Waals surface area contributed by atoms with Gasteiger partial charge in [0, 0.05) is 45.8 Å². The molecule has 1 aliphatic heterocycles. The van der Waals surface area contributed by atoms with E-state index in [4.69, 9.17) is 9.84 Å². The minimum Gasteiger partial charge on any atom is -0.481 e. The van der Waals surface area contributed by atoms with Gasteiger partial charge in [-0.2, -0.15) is 5.10 Å². The first kappa shape index (κ1) is 16.3. The standard InChI is InChI=1S/C18H26N6O/c1-22-16(14-5-3-4-6-15(14)21-22)12-23-7-9-24(10-8-23)17-11-18(25-2)20-13-19-17/h11,13H,3-10,12H2,1-2H3. The molecule has 7 nitrogen and oxygen atoms in total. The quantitative estimate of drug-likeness (QED) is 0.838. The summed E-state index contributed by atoms with van der Waals surface area (Å²) in [6.45, 7) is 5.01. The van der Waals surface area contributed by atoms with E-state index in [0.717, 1.165) is 45.0 Å². The summed E-state index contributed by atoms with van der Waals surface area (Å²) in [5.74, 6) is 1.57. The first-order valence-corrected chi connectivity index (χ1v) is 9.11. The molecule has 1 saturated heterocycles. The lowest BCUT2D eigenvalue weighted by Crippen LogP contribution is -2.46. The molecule has 4 rings (SSSR count). The van der Waals surface area contributed by atoms with E-state index >= 15 is 0 Å². The summed E-state index contributed by atoms with van der Waals surface area (Å²) in [4.78, 5) is 13.3. The molecule has 3 heterocycles. The molecule has 1 aliphatic carbocycles. The van der Waals surface area contributed by atoms with E-state index in [1.54, 1.807) is 13.4 Å². The van der Waals surface area contributed by atoms with Crippen LogP contribution in [-0.2, 0) is 26.4 Å². The number of aromatic nitrogens is 4. The first-order valence-electron chi connectivity index (χ1n) is 9.11. The van der Waals surface area contributed by atoms with Crippen molar-refractivity contribution in [2.75, 3.05) is 38.2 Å². The SMILES string of the molecule is COc1cc(N2CCN(Cc3c4c(nn3C)CCCC4)CC2)ncn1. The minimum atomic E-state index is 0.619. The van der Waals surface area contributed by atoms with Crippen LogP contribution >= 0.6 is 0 Å². The number of hydrogen-bond donors (Lipinski definition) is 0. The van der Waals surface area contributed by atoms with E-state index in [-0.39, 0.29) is 0 Å². The van der Waals surface area contributed by atoms with Crippen LogP contribution in [0.4, 0.5) is 5.82 Å². The molecule has 0 aromatic carbocycles. The maximum atomic E-state index is 5.21. The molecule has 25 heavy (non-hydrogen) atoms. The zero-order valence-electron chi connectivity index (χ0n) is 15.1. The van der Waals surface area contributed by atoms with Gasteiger partial charge in [-0.15, -0.1) is 0 Å². The Morgan fingerprint density at radius 1 is 1.08 bits per heavy atom. The smallest absolute Gasteiger partial charge is 0.218 e. The fourth-order valence-corrected chi connectivity index (χ4v) is 3.91. The zero-order chi connectivity index (χ0) is 17.2. The second-order valence-electron chi connectivity index (χ2n) is 6.88. The van der Waals surface area contributed by atoms with Crippen molar-refractivity contribution in [3.05, 3.63) is 29.3 Å². The molecule has 0 N–H and O–H groups in total. The molecule has 0 unspecified atom stereocenters. The van der Waals surface area contributed by atoms with Crippen LogP contribution in [0.5, 0.6) is 5.88 Å². The molecule has 2 aromatic heterocycles. The summed E-state index contributed by atoms with van der Waals surface area (Å²) >= 11 is 0. The minimum absolute atomic E-state index is 0.619. The zero-order valence-corrected chi connectivity index (χ0v) is 15.1. The normalized spacial score (nSPS) is 18.2. The van der Waals surface area contributed by atoms with E-state index < -0.39 is 0 Å². The lowest BCUT2D eigenvalue weighted by atomic mass is 9.95. The fraction of sp³-hybridized carbons (Fsp3) is 0.611. The summed E-state index contributed by atoms with van der Waals surface area (Å²) in [6.07, 6.45) is 6.49. The molecule has 2 aromatic rings. The third-order valence-electron chi connectivity index (χ3n) is 5.35. The summed E-state index contributed by atoms with van der Waals surface area (Å²) < 4.78 is 7.31. The highest BCUT2D eigenvalue weighted by atomic mass is 16.5. The second kappa shape index (κ2) is 7.00. The molecule has 1 fully saturated rings. The predicted molar refractivity (Wildman–Crippen MR) is 95.9 cm³/mol. The highest BCUT2D eigenvalue weighted by molar-refractivity contribution is 5.41. The van der Waals surface area contributed by atoms with Crippen LogP contribution in [0.15, 0.2) is 12.4 Å². The largest absolute Gasteiger partial charge is 0.481 e. The van der Waals surface area contributed by atoms with Gasteiger partial charge < -0.3 is 9.64 Å². The Balaban J connectivity index is 1.40. The van der Waals surface area contributed by atoms with Crippen molar-refractivity contribution >= 4 is 5.82 Å². The Hall–Kier alpha value is -2.15. The number of methoxy groups -OCH3 is 1. The third-order valence-corrected chi connectivity index (χ3v) is 5.35. The van der Waals surface area contributed by atoms with E-state index in [1.165, 1.54) is 36.2 Å². The van der Waals surface area contributed by atoms with Crippen molar-refractivity contribution in [2.24, 2.45) is 7.05 Å². The van der Waals surface area contributed by atoms with Crippen molar-refractivity contribution in [1.29, 1.82) is 0 Å². The molecule has 0 bridgehead atoms. The van der Waals surface area contributed by atoms with Crippen molar-refractivity contribution in [3.63, 3.8) is 0 Å². The second-order valence-corrected chi connectivity index (χ2v) is 6.88. The lowest BCUT2D eigenvalue weighted by Gasteiger charge is -2.35. The molecule has 134 valence electrons. The number of anilines is 1. The van der Waals surface area contributed by atoms with Crippen LogP contribution in [0.25, 0.3) is 0 Å². The van der Waals surface area contributed by atoms with Crippen molar-refractivity contribution in [3.8, 4) is 5.88 Å². The van der Waals surface area contributed by atoms with Crippen molar-refractivity contribution in [1.82, 2.24) is 24.6 Å². The average molecular weight is 342 g/mol. The van der Waals surface area contributed by atoms with Crippen LogP contribution in [-0.4, -0.2) is 57.9 Å². The van der Waals surface area contributed by atoms with Gasteiger partial charge in [0.1, 0.15) is 12.1 Å². The maximum Gasteiger partial charge on any atom is 0.218 e. The topological polar surface area (TPSA) is 59.3 Å². The van der Waals surface area contributed by atoms with Gasteiger partial charge in [-0.3, -0.25) is 9.58 Å². The molecule has 2 aliphatic rings. The van der Waals surface area contributed by atoms with Crippen LogP contribution in [0.2, 0.25) is 0 Å². The van der Waals surface area contributed by atoms with E-state index in [9.17, 15) is 0 Å². The number of ether oxygens (including phenoxy) is 1. The number of piperazine rings is 1. The van der Waals surface area contributed by atoms with Gasteiger partial charge in [0.25, 0.3) is 0 Å². The summed E-state index contributed by atoms with van der Waals surface area (Å²) in [5, 5.41) is 4.75. The number of nitrogens with zero attached hydrogens (tertiary/aromatic N) is 6. The van der Waals surface area contributed by atoms with Gasteiger partial charge >= 0.3 is 0 Å². The molecule has 0 saturated carbocycles. The van der Waals surface area contributed by atoms with Gasteiger partial charge in [0.15, 0.2) is 0 Å². The number of fused-ring (bicyclic) bond motifs is 1. The van der Waals surface area contributed by atoms with Crippen molar-refractivity contribution in [2.45, 2.75) is 32.2 Å². The lowest BCUT2D eigenvalue weighted by molar-refractivity contribution is 0.242. The summed E-state index contributed by atoms with van der Waals surface area (Å²) in [7, 11) is 3.73. The van der Waals surface area contributed by atoms with Gasteiger partial charge in [0.2, 0.25) is 5.88 Å². The molecular formula is C18H26N6O. The monoisotopic (exact) mass is 342 g/mol. The summed E-state index contributed by atoms with van der Waals surface area (Å²) in [6, 6.07) is 1.91. The number of aryl methyl sites for hydroxylation is 2. The molecule has 0 spiro atoms. The highest BCUT2D eigenvalue weighted by Gasteiger charge is 2.23. The third kappa shape index (κ3) is 3.33. The Morgan fingerprint density at radius 3 is 2.68 bits per heavy atom. The molecule has 0 radical (unpaired) electrons. The molecule has 0 amide bonds. The highest BCUT2D eigenvalue weighted by Crippen LogP contribution is 2.25. The Bertz CT molecular complexity index is 735. The van der Waals surface area contributed by atoms with Crippen LogP contribution in [0.3, 0.4) is 0 Å². The van der Waals surface area contributed by atoms with Crippen LogP contribution in [0, 0.1) is 0 Å². The first-order chi connectivity index (χ1) is 12.2. The maximum absolute atomic E-state index is 5.21. The van der Waals surface area contributed by atoms with E-state index in [2.05, 4.69) is 31.5 Å². The van der Waals surface area contributed by atoms with Crippen LogP contribution in [0.1, 0.15) is 29.8 Å². The van der Waals surface area contributed by atoms with Gasteiger partial charge in [0.05, 0.1) is 18.5 Å². The molecule has 0 atom stereocenters. The number of hydrogen-bond acceptors (Lipinski definition) is 6. The molecule has 7 heteroatoms. The Morgan fingerprint density at radius 2 is 1.88 bits per heavy atom. The Kier molecular flexibility index (Phi) is 4.57. The van der Waals surface area contributed by atoms with Gasteiger partial charge in [-0.1, -0.05) is 0 Å². The Labute approximate surface area is 148 Å². The average Bonchev–Trinajstić information content (AvgIpc) is 2.98. The van der Waals surface area contributed by atoms with Gasteiger partial charge in [-0.25, -0.2) is 9.97 Å². The van der Waals surface area contributed by atoms with Crippen molar-refractivity contribution < 1.29 is 4.74 Å². The predicted octanol–water partition coefficient (Wildman–Crippen LogP) is 1.42. The fourth-order valence-electron chi connectivity index (χ4n) is 3.91. The summed E-state index contributed by atoms with van der Waals surface area (Å²) in [5.41, 5.74) is 4.25. The van der Waals surface area contributed by atoms with Gasteiger partial charge in [-0.05, 0) is 31.2 Å².